The van der Waals surface area contributed by atoms with E-state index in [9.17, 15) is 8.42 Å². The summed E-state index contributed by atoms with van der Waals surface area (Å²) in [6, 6.07) is 7.19. The Kier molecular flexibility index (Phi) is 7.37. The highest BCUT2D eigenvalue weighted by Crippen LogP contribution is 2.39. The number of rotatable bonds is 9. The molecule has 2 aromatic heterocycles. The number of sulfonamides is 1. The first-order valence-corrected chi connectivity index (χ1v) is 12.9. The fraction of sp³-hybridized carbons (Fsp3) is 0.435. The summed E-state index contributed by atoms with van der Waals surface area (Å²) < 4.78 is 48.1. The number of nitrogens with zero attached hydrogens (tertiary/aromatic N) is 6. The Morgan fingerprint density at radius 2 is 1.83 bits per heavy atom. The number of hydrogen-bond acceptors (Lipinski definition) is 10. The van der Waals surface area contributed by atoms with Gasteiger partial charge < -0.3 is 14.2 Å². The molecule has 36 heavy (non-hydrogen) atoms. The third-order valence-corrected chi connectivity index (χ3v) is 8.02. The van der Waals surface area contributed by atoms with Gasteiger partial charge in [0.2, 0.25) is 16.0 Å². The van der Waals surface area contributed by atoms with Crippen molar-refractivity contribution in [3.63, 3.8) is 0 Å². The van der Waals surface area contributed by atoms with E-state index < -0.39 is 21.2 Å². The number of hydrogen-bond donors (Lipinski definition) is 1. The molecule has 2 unspecified atom stereocenters. The summed E-state index contributed by atoms with van der Waals surface area (Å²) >= 11 is 0. The van der Waals surface area contributed by atoms with Crippen molar-refractivity contribution in [3.05, 3.63) is 47.8 Å². The van der Waals surface area contributed by atoms with Crippen molar-refractivity contribution >= 4 is 16.0 Å². The number of nitriles is 1. The Bertz CT molecular complexity index is 1340. The van der Waals surface area contributed by atoms with Crippen LogP contribution in [0.2, 0.25) is 0 Å². The van der Waals surface area contributed by atoms with E-state index in [4.69, 9.17) is 19.5 Å². The average molecular weight is 514 g/mol. The number of anilines is 1. The maximum atomic E-state index is 13.5. The molecule has 1 aromatic carbocycles. The summed E-state index contributed by atoms with van der Waals surface area (Å²) in [5.41, 5.74) is 0.743. The third-order valence-electron chi connectivity index (χ3n) is 6.17. The van der Waals surface area contributed by atoms with Crippen LogP contribution in [0.25, 0.3) is 5.69 Å². The van der Waals surface area contributed by atoms with E-state index in [1.807, 2.05) is 6.07 Å². The molecule has 12 nitrogen and oxygen atoms in total. The van der Waals surface area contributed by atoms with Crippen LogP contribution in [-0.4, -0.2) is 59.2 Å². The van der Waals surface area contributed by atoms with Crippen LogP contribution in [0.4, 0.5) is 5.95 Å². The van der Waals surface area contributed by atoms with Crippen LogP contribution >= 0.6 is 0 Å². The summed E-state index contributed by atoms with van der Waals surface area (Å²) in [5.74, 6) is 1.03. The molecule has 1 saturated heterocycles. The Morgan fingerprint density at radius 1 is 1.17 bits per heavy atom. The van der Waals surface area contributed by atoms with Gasteiger partial charge in [-0.15, -0.1) is 10.2 Å². The first-order valence-electron chi connectivity index (χ1n) is 11.3. The minimum absolute atomic E-state index is 0.0249. The maximum absolute atomic E-state index is 13.5. The van der Waals surface area contributed by atoms with Crippen LogP contribution in [0, 0.1) is 11.3 Å². The molecule has 1 aliphatic rings. The van der Waals surface area contributed by atoms with E-state index >= 15 is 0 Å². The summed E-state index contributed by atoms with van der Waals surface area (Å²) in [6.07, 6.45) is 3.93. The van der Waals surface area contributed by atoms with Gasteiger partial charge in [-0.2, -0.15) is 5.26 Å². The topological polar surface area (TPSA) is 154 Å². The standard InChI is InChI=1S/C23H27N7O5S/c1-14(21-25-12-16(11-24)13-26-21)15(2)36(31,32)29-23-28-27-22(19-9-6-10-35-19)30(23)20-17(33-3)7-5-8-18(20)34-4/h5,7-8,12-15,19H,6,9-10H2,1-4H3,(H,28,29)/t14?,15?,19-/m1/s1. The second kappa shape index (κ2) is 10.5. The lowest BCUT2D eigenvalue weighted by molar-refractivity contribution is 0.103. The van der Waals surface area contributed by atoms with Gasteiger partial charge >= 0.3 is 0 Å². The van der Waals surface area contributed by atoms with Crippen LogP contribution in [0.15, 0.2) is 30.6 Å². The first-order chi connectivity index (χ1) is 17.3. The Labute approximate surface area is 209 Å². The van der Waals surface area contributed by atoms with Crippen LogP contribution in [0.1, 0.15) is 55.9 Å². The molecule has 0 radical (unpaired) electrons. The SMILES string of the molecule is COc1cccc(OC)c1-n1c(NS(=O)(=O)C(C)C(C)c2ncc(C#N)cn2)nnc1[C@H]1CCCO1. The highest BCUT2D eigenvalue weighted by atomic mass is 32.2. The number of methoxy groups -OCH3 is 2. The molecular weight excluding hydrogens is 486 g/mol. The Balaban J connectivity index is 1.75. The molecule has 4 rings (SSSR count). The molecule has 3 aromatic rings. The average Bonchev–Trinajstić information content (AvgIpc) is 3.57. The monoisotopic (exact) mass is 513 g/mol. The van der Waals surface area contributed by atoms with E-state index in [2.05, 4.69) is 24.9 Å². The van der Waals surface area contributed by atoms with E-state index in [-0.39, 0.29) is 12.1 Å². The second-order valence-corrected chi connectivity index (χ2v) is 10.4. The van der Waals surface area contributed by atoms with E-state index in [0.717, 1.165) is 6.42 Å². The van der Waals surface area contributed by atoms with Gasteiger partial charge in [0.25, 0.3) is 0 Å². The molecule has 190 valence electrons. The molecule has 0 saturated carbocycles. The third kappa shape index (κ3) is 4.82. The molecule has 0 amide bonds. The fourth-order valence-electron chi connectivity index (χ4n) is 3.95. The van der Waals surface area contributed by atoms with Crippen molar-refractivity contribution in [2.75, 3.05) is 25.5 Å². The summed E-state index contributed by atoms with van der Waals surface area (Å²) in [6.45, 7) is 3.83. The lowest BCUT2D eigenvalue weighted by Crippen LogP contribution is -2.31. The number of para-hydroxylation sites is 1. The lowest BCUT2D eigenvalue weighted by Gasteiger charge is -2.22. The first kappa shape index (κ1) is 25.3. The van der Waals surface area contributed by atoms with Crippen molar-refractivity contribution in [3.8, 4) is 23.3 Å². The van der Waals surface area contributed by atoms with Crippen molar-refractivity contribution in [2.45, 2.75) is 44.0 Å². The molecule has 0 bridgehead atoms. The van der Waals surface area contributed by atoms with E-state index in [0.29, 0.717) is 47.4 Å². The number of aromatic nitrogens is 5. The van der Waals surface area contributed by atoms with Gasteiger partial charge in [-0.3, -0.25) is 9.29 Å². The van der Waals surface area contributed by atoms with Gasteiger partial charge in [-0.05, 0) is 31.9 Å². The highest BCUT2D eigenvalue weighted by molar-refractivity contribution is 7.93. The minimum atomic E-state index is -4.00. The number of ether oxygens (including phenoxy) is 3. The van der Waals surface area contributed by atoms with Crippen LogP contribution in [0.3, 0.4) is 0 Å². The van der Waals surface area contributed by atoms with E-state index in [1.54, 1.807) is 36.6 Å². The number of nitrogens with one attached hydrogen (secondary N) is 1. The fourth-order valence-corrected chi connectivity index (χ4v) is 5.19. The largest absolute Gasteiger partial charge is 0.494 e. The molecule has 1 N–H and O–H groups in total. The zero-order valence-electron chi connectivity index (χ0n) is 20.4. The molecule has 3 atom stereocenters. The zero-order chi connectivity index (χ0) is 25.9. The lowest BCUT2D eigenvalue weighted by atomic mass is 10.1. The van der Waals surface area contributed by atoms with Gasteiger partial charge in [0.05, 0.1) is 25.0 Å². The second-order valence-electron chi connectivity index (χ2n) is 8.31. The van der Waals surface area contributed by atoms with Crippen molar-refractivity contribution < 1.29 is 22.6 Å². The van der Waals surface area contributed by atoms with Gasteiger partial charge in [-0.25, -0.2) is 18.4 Å². The highest BCUT2D eigenvalue weighted by Gasteiger charge is 2.34. The van der Waals surface area contributed by atoms with Gasteiger partial charge in [0.15, 0.2) is 5.82 Å². The molecule has 1 fully saturated rings. The number of benzene rings is 1. The van der Waals surface area contributed by atoms with Crippen LogP contribution < -0.4 is 14.2 Å². The molecule has 13 heteroatoms. The van der Waals surface area contributed by atoms with Crippen molar-refractivity contribution in [1.82, 2.24) is 24.7 Å². The molecule has 0 aliphatic carbocycles. The minimum Gasteiger partial charge on any atom is -0.494 e. The quantitative estimate of drug-likeness (QED) is 0.451. The zero-order valence-corrected chi connectivity index (χ0v) is 21.2. The van der Waals surface area contributed by atoms with Crippen molar-refractivity contribution in [1.29, 1.82) is 5.26 Å². The molecular formula is C23H27N7O5S. The molecule has 1 aliphatic heterocycles. The molecule has 3 heterocycles. The predicted octanol–water partition coefficient (Wildman–Crippen LogP) is 2.73. The normalized spacial score (nSPS) is 17.2. The van der Waals surface area contributed by atoms with Gasteiger partial charge in [0.1, 0.15) is 35.2 Å². The molecule has 0 spiro atoms. The van der Waals surface area contributed by atoms with E-state index in [1.165, 1.54) is 26.6 Å². The Hall–Kier alpha value is -3.76. The maximum Gasteiger partial charge on any atom is 0.243 e. The van der Waals surface area contributed by atoms with Crippen LogP contribution in [-0.2, 0) is 14.8 Å². The van der Waals surface area contributed by atoms with Crippen LogP contribution in [0.5, 0.6) is 11.5 Å². The summed E-state index contributed by atoms with van der Waals surface area (Å²) in [4.78, 5) is 8.30. The summed E-state index contributed by atoms with van der Waals surface area (Å²) in [5, 5.41) is 16.5. The summed E-state index contributed by atoms with van der Waals surface area (Å²) in [7, 11) is -0.970. The predicted molar refractivity (Wildman–Crippen MR) is 130 cm³/mol. The van der Waals surface area contributed by atoms with Crippen molar-refractivity contribution in [2.24, 2.45) is 0 Å². The smallest absolute Gasteiger partial charge is 0.243 e. The van der Waals surface area contributed by atoms with Gasteiger partial charge in [-0.1, -0.05) is 13.0 Å². The van der Waals surface area contributed by atoms with Gasteiger partial charge in [0, 0.05) is 24.9 Å². The Morgan fingerprint density at radius 3 is 2.39 bits per heavy atom.